The second-order valence-corrected chi connectivity index (χ2v) is 4.32. The molecule has 0 aliphatic heterocycles. The van der Waals surface area contributed by atoms with Crippen LogP contribution in [-0.2, 0) is 11.2 Å². The van der Waals surface area contributed by atoms with Crippen LogP contribution in [0.5, 0.6) is 0 Å². The summed E-state index contributed by atoms with van der Waals surface area (Å²) in [5.41, 5.74) is 9.20. The summed E-state index contributed by atoms with van der Waals surface area (Å²) in [4.78, 5) is 10.5. The van der Waals surface area contributed by atoms with Crippen LogP contribution < -0.4 is 11.1 Å². The Hall–Kier alpha value is -1.39. The van der Waals surface area contributed by atoms with Gasteiger partial charge in [0.25, 0.3) is 0 Å². The summed E-state index contributed by atoms with van der Waals surface area (Å²) in [6.07, 6.45) is 0.882. The maximum atomic E-state index is 10.5. The molecule has 1 aromatic rings. The van der Waals surface area contributed by atoms with Crippen LogP contribution in [0.1, 0.15) is 16.7 Å². The third-order valence-electron chi connectivity index (χ3n) is 2.84. The van der Waals surface area contributed by atoms with Gasteiger partial charge in [0.15, 0.2) is 0 Å². The average Bonchev–Trinajstić information content (AvgIpc) is 2.28. The molecule has 1 rings (SSSR count). The molecule has 17 heavy (non-hydrogen) atoms. The zero-order valence-corrected chi connectivity index (χ0v) is 10.4. The quantitative estimate of drug-likeness (QED) is 0.640. The van der Waals surface area contributed by atoms with Gasteiger partial charge >= 0.3 is 5.97 Å². The highest BCUT2D eigenvalue weighted by atomic mass is 16.4. The zero-order chi connectivity index (χ0) is 12.8. The molecule has 0 radical (unpaired) electrons. The van der Waals surface area contributed by atoms with Gasteiger partial charge in [-0.2, -0.15) is 0 Å². The Labute approximate surface area is 102 Å². The average molecular weight is 236 g/mol. The minimum atomic E-state index is -0.969. The van der Waals surface area contributed by atoms with E-state index in [0.717, 1.165) is 13.0 Å². The van der Waals surface area contributed by atoms with E-state index in [4.69, 9.17) is 10.8 Å². The van der Waals surface area contributed by atoms with E-state index in [1.54, 1.807) is 0 Å². The van der Waals surface area contributed by atoms with Gasteiger partial charge in [-0.05, 0) is 43.5 Å². The number of benzene rings is 1. The smallest absolute Gasteiger partial charge is 0.321 e. The van der Waals surface area contributed by atoms with E-state index in [9.17, 15) is 4.79 Å². The highest BCUT2D eigenvalue weighted by molar-refractivity contribution is 5.73. The molecule has 1 atom stereocenters. The van der Waals surface area contributed by atoms with Gasteiger partial charge in [-0.25, -0.2) is 0 Å². The molecule has 0 bridgehead atoms. The predicted molar refractivity (Wildman–Crippen MR) is 68.1 cm³/mol. The van der Waals surface area contributed by atoms with E-state index in [2.05, 4.69) is 37.4 Å². The predicted octanol–water partition coefficient (Wildman–Crippen LogP) is 0.847. The van der Waals surface area contributed by atoms with Gasteiger partial charge in [0.2, 0.25) is 0 Å². The summed E-state index contributed by atoms with van der Waals surface area (Å²) >= 11 is 0. The third-order valence-corrected chi connectivity index (χ3v) is 2.84. The van der Waals surface area contributed by atoms with Crippen LogP contribution in [0.4, 0.5) is 0 Å². The Morgan fingerprint density at radius 2 is 2.12 bits per heavy atom. The second kappa shape index (κ2) is 6.37. The highest BCUT2D eigenvalue weighted by Gasteiger charge is 2.09. The molecule has 1 unspecified atom stereocenters. The van der Waals surface area contributed by atoms with Crippen LogP contribution in [0.15, 0.2) is 18.2 Å². The lowest BCUT2D eigenvalue weighted by molar-refractivity contribution is -0.138. The fourth-order valence-corrected chi connectivity index (χ4v) is 1.54. The number of aryl methyl sites for hydroxylation is 2. The minimum absolute atomic E-state index is 0.306. The van der Waals surface area contributed by atoms with Crippen molar-refractivity contribution in [1.82, 2.24) is 5.32 Å². The first kappa shape index (κ1) is 13.7. The lowest BCUT2D eigenvalue weighted by atomic mass is 10.0. The van der Waals surface area contributed by atoms with Crippen molar-refractivity contribution in [1.29, 1.82) is 0 Å². The number of hydrogen-bond donors (Lipinski definition) is 3. The Kier molecular flexibility index (Phi) is 5.12. The van der Waals surface area contributed by atoms with Crippen LogP contribution in [0.3, 0.4) is 0 Å². The van der Waals surface area contributed by atoms with E-state index in [-0.39, 0.29) is 0 Å². The Morgan fingerprint density at radius 1 is 1.41 bits per heavy atom. The molecule has 1 aromatic carbocycles. The molecule has 0 aliphatic rings. The summed E-state index contributed by atoms with van der Waals surface area (Å²) in [6, 6.07) is 5.54. The van der Waals surface area contributed by atoms with Crippen molar-refractivity contribution in [2.75, 3.05) is 13.1 Å². The number of aliphatic carboxylic acids is 1. The molecular formula is C13H20N2O2. The normalized spacial score (nSPS) is 12.4. The van der Waals surface area contributed by atoms with Crippen molar-refractivity contribution in [2.24, 2.45) is 5.73 Å². The number of nitrogens with two attached hydrogens (primary N) is 1. The van der Waals surface area contributed by atoms with Crippen LogP contribution in [0, 0.1) is 13.8 Å². The van der Waals surface area contributed by atoms with E-state index >= 15 is 0 Å². The van der Waals surface area contributed by atoms with E-state index in [1.807, 2.05) is 0 Å². The van der Waals surface area contributed by atoms with Gasteiger partial charge in [0, 0.05) is 6.54 Å². The van der Waals surface area contributed by atoms with E-state index < -0.39 is 12.0 Å². The standard InChI is InChI=1S/C13H20N2O2/c1-9-3-4-11(7-10(9)2)5-6-15-8-12(14)13(16)17/h3-4,7,12,15H,5-6,8,14H2,1-2H3,(H,16,17). The molecule has 0 aliphatic carbocycles. The molecule has 94 valence electrons. The maximum Gasteiger partial charge on any atom is 0.321 e. The van der Waals surface area contributed by atoms with Crippen molar-refractivity contribution < 1.29 is 9.90 Å². The maximum absolute atomic E-state index is 10.5. The minimum Gasteiger partial charge on any atom is -0.480 e. The van der Waals surface area contributed by atoms with Crippen molar-refractivity contribution in [3.63, 3.8) is 0 Å². The first-order valence-corrected chi connectivity index (χ1v) is 5.76. The molecule has 0 aromatic heterocycles. The molecule has 0 saturated heterocycles. The summed E-state index contributed by atoms with van der Waals surface area (Å²) in [5.74, 6) is -0.969. The fourth-order valence-electron chi connectivity index (χ4n) is 1.54. The van der Waals surface area contributed by atoms with Crippen LogP contribution >= 0.6 is 0 Å². The monoisotopic (exact) mass is 236 g/mol. The van der Waals surface area contributed by atoms with Crippen molar-refractivity contribution >= 4 is 5.97 Å². The van der Waals surface area contributed by atoms with Gasteiger partial charge in [0.05, 0.1) is 0 Å². The fraction of sp³-hybridized carbons (Fsp3) is 0.462. The molecular weight excluding hydrogens is 216 g/mol. The zero-order valence-electron chi connectivity index (χ0n) is 10.4. The van der Waals surface area contributed by atoms with Crippen LogP contribution in [0.25, 0.3) is 0 Å². The highest BCUT2D eigenvalue weighted by Crippen LogP contribution is 2.09. The molecule has 4 nitrogen and oxygen atoms in total. The van der Waals surface area contributed by atoms with Crippen molar-refractivity contribution in [2.45, 2.75) is 26.3 Å². The SMILES string of the molecule is Cc1ccc(CCNCC(N)C(=O)O)cc1C. The van der Waals surface area contributed by atoms with Gasteiger partial charge in [-0.15, -0.1) is 0 Å². The number of carboxylic acid groups (broad SMARTS) is 1. The molecule has 0 saturated carbocycles. The van der Waals surface area contributed by atoms with Gasteiger partial charge < -0.3 is 16.2 Å². The summed E-state index contributed by atoms with van der Waals surface area (Å²) in [7, 11) is 0. The second-order valence-electron chi connectivity index (χ2n) is 4.32. The Bertz CT molecular complexity index is 391. The molecule has 4 N–H and O–H groups in total. The molecule has 0 spiro atoms. The van der Waals surface area contributed by atoms with Crippen LogP contribution in [0.2, 0.25) is 0 Å². The van der Waals surface area contributed by atoms with Gasteiger partial charge in [0.1, 0.15) is 6.04 Å². The number of carbonyl (C=O) groups is 1. The Morgan fingerprint density at radius 3 is 2.71 bits per heavy atom. The first-order chi connectivity index (χ1) is 8.00. The molecule has 4 heteroatoms. The van der Waals surface area contributed by atoms with Crippen molar-refractivity contribution in [3.05, 3.63) is 34.9 Å². The van der Waals surface area contributed by atoms with Crippen molar-refractivity contribution in [3.8, 4) is 0 Å². The number of nitrogens with one attached hydrogen (secondary N) is 1. The third kappa shape index (κ3) is 4.54. The number of hydrogen-bond acceptors (Lipinski definition) is 3. The van der Waals surface area contributed by atoms with E-state index in [0.29, 0.717) is 6.54 Å². The molecule has 0 amide bonds. The summed E-state index contributed by atoms with van der Waals surface area (Å²) < 4.78 is 0. The molecule has 0 heterocycles. The Balaban J connectivity index is 2.31. The first-order valence-electron chi connectivity index (χ1n) is 5.76. The summed E-state index contributed by atoms with van der Waals surface area (Å²) in [6.45, 7) is 5.22. The largest absolute Gasteiger partial charge is 0.480 e. The topological polar surface area (TPSA) is 75.3 Å². The van der Waals surface area contributed by atoms with Gasteiger partial charge in [-0.1, -0.05) is 18.2 Å². The van der Waals surface area contributed by atoms with Crippen LogP contribution in [-0.4, -0.2) is 30.2 Å². The lowest BCUT2D eigenvalue weighted by Crippen LogP contribution is -2.40. The number of carboxylic acids is 1. The lowest BCUT2D eigenvalue weighted by Gasteiger charge is -2.09. The number of rotatable bonds is 6. The summed E-state index contributed by atoms with van der Waals surface area (Å²) in [5, 5.41) is 11.6. The van der Waals surface area contributed by atoms with E-state index in [1.165, 1.54) is 16.7 Å². The van der Waals surface area contributed by atoms with Gasteiger partial charge in [-0.3, -0.25) is 4.79 Å². The molecule has 0 fully saturated rings.